The smallest absolute Gasteiger partial charge is 0.326 e. The molecule has 9 nitrogen and oxygen atoms in total. The van der Waals surface area contributed by atoms with E-state index in [2.05, 4.69) is 20.2 Å². The fourth-order valence-corrected chi connectivity index (χ4v) is 7.70. The molecule has 0 atom stereocenters. The molecule has 1 N–H and O–H groups in total. The van der Waals surface area contributed by atoms with Gasteiger partial charge in [0, 0.05) is 35.1 Å². The number of benzene rings is 3. The molecule has 1 aliphatic rings. The van der Waals surface area contributed by atoms with Gasteiger partial charge in [-0.15, -0.1) is 21.5 Å². The number of hydrogen-bond donors (Lipinski definition) is 1. The van der Waals surface area contributed by atoms with Gasteiger partial charge in [0.25, 0.3) is 5.91 Å². The number of aromatic amines is 1. The minimum atomic E-state index is -0.109. The molecule has 222 valence electrons. The maximum atomic E-state index is 13.4. The van der Waals surface area contributed by atoms with E-state index in [-0.39, 0.29) is 17.6 Å². The van der Waals surface area contributed by atoms with Gasteiger partial charge in [0.15, 0.2) is 11.0 Å². The molecule has 0 radical (unpaired) electrons. The van der Waals surface area contributed by atoms with E-state index in [0.29, 0.717) is 58.4 Å². The van der Waals surface area contributed by atoms with E-state index < -0.39 is 0 Å². The molecule has 0 unspecified atom stereocenters. The highest BCUT2D eigenvalue weighted by molar-refractivity contribution is 7.98. The van der Waals surface area contributed by atoms with Crippen LogP contribution in [0.3, 0.4) is 0 Å². The van der Waals surface area contributed by atoms with Crippen LogP contribution in [-0.2, 0) is 5.75 Å². The van der Waals surface area contributed by atoms with Gasteiger partial charge < -0.3 is 9.88 Å². The lowest BCUT2D eigenvalue weighted by Crippen LogP contribution is -2.40. The first-order chi connectivity index (χ1) is 21.5. The van der Waals surface area contributed by atoms with Crippen molar-refractivity contribution in [1.82, 2.24) is 34.2 Å². The number of halogens is 2. The highest BCUT2D eigenvalue weighted by atomic mass is 35.5. The fraction of sp³-hybridized carbons (Fsp3) is 0.194. The molecule has 0 aliphatic carbocycles. The molecule has 6 aromatic rings. The zero-order valence-corrected chi connectivity index (χ0v) is 26.3. The number of hydrogen-bond acceptors (Lipinski definition) is 7. The lowest BCUT2D eigenvalue weighted by Gasteiger charge is -2.32. The Balaban J connectivity index is 1.05. The maximum Gasteiger partial charge on any atom is 0.326 e. The number of carbonyl (C=O) groups excluding carboxylic acids is 1. The van der Waals surface area contributed by atoms with Crippen molar-refractivity contribution in [2.45, 2.75) is 29.8 Å². The van der Waals surface area contributed by atoms with Gasteiger partial charge in [-0.05, 0) is 55.3 Å². The molecular formula is C31H25Cl2N7O2S2. The van der Waals surface area contributed by atoms with Crippen LogP contribution in [0.15, 0.2) is 88.1 Å². The average Bonchev–Trinajstić information content (AvgIpc) is 3.76. The lowest BCUT2D eigenvalue weighted by atomic mass is 10.0. The number of thiazole rings is 1. The van der Waals surface area contributed by atoms with Crippen LogP contribution < -0.4 is 5.69 Å². The van der Waals surface area contributed by atoms with Gasteiger partial charge in [-0.1, -0.05) is 65.3 Å². The summed E-state index contributed by atoms with van der Waals surface area (Å²) in [5, 5.41) is 13.4. The SMILES string of the molecule is O=C(c1csc(CSc2nnc(-c3ccccc3Cl)n2-c2cccc(Cl)c2)n1)N1CCC(n2c(=O)[nH]c3ccccc32)CC1. The Morgan fingerprint density at radius 3 is 2.61 bits per heavy atom. The summed E-state index contributed by atoms with van der Waals surface area (Å²) in [5.41, 5.74) is 3.62. The minimum absolute atomic E-state index is 0.0394. The summed E-state index contributed by atoms with van der Waals surface area (Å²) in [7, 11) is 0. The highest BCUT2D eigenvalue weighted by Gasteiger charge is 2.28. The third-order valence-electron chi connectivity index (χ3n) is 7.65. The zero-order chi connectivity index (χ0) is 30.2. The quantitative estimate of drug-likeness (QED) is 0.183. The van der Waals surface area contributed by atoms with Crippen molar-refractivity contribution in [2.24, 2.45) is 0 Å². The first kappa shape index (κ1) is 28.8. The number of nitrogens with one attached hydrogen (secondary N) is 1. The summed E-state index contributed by atoms with van der Waals surface area (Å²) in [4.78, 5) is 35.4. The molecule has 0 spiro atoms. The second-order valence-electron chi connectivity index (χ2n) is 10.4. The largest absolute Gasteiger partial charge is 0.337 e. The molecule has 1 saturated heterocycles. The van der Waals surface area contributed by atoms with E-state index in [4.69, 9.17) is 23.2 Å². The molecule has 1 fully saturated rings. The first-order valence-corrected chi connectivity index (χ1v) is 16.6. The summed E-state index contributed by atoms with van der Waals surface area (Å²) in [6.07, 6.45) is 1.40. The molecule has 4 heterocycles. The number of para-hydroxylation sites is 2. The molecule has 0 saturated carbocycles. The fourth-order valence-electron chi connectivity index (χ4n) is 5.56. The Kier molecular flexibility index (Phi) is 8.02. The van der Waals surface area contributed by atoms with Crippen molar-refractivity contribution in [3.63, 3.8) is 0 Å². The van der Waals surface area contributed by atoms with Crippen molar-refractivity contribution in [2.75, 3.05) is 13.1 Å². The van der Waals surface area contributed by atoms with E-state index in [0.717, 1.165) is 27.3 Å². The molecule has 7 rings (SSSR count). The van der Waals surface area contributed by atoms with Gasteiger partial charge in [0.1, 0.15) is 10.7 Å². The second kappa shape index (κ2) is 12.2. The van der Waals surface area contributed by atoms with E-state index in [9.17, 15) is 9.59 Å². The van der Waals surface area contributed by atoms with Crippen molar-refractivity contribution < 1.29 is 4.79 Å². The van der Waals surface area contributed by atoms with Gasteiger partial charge in [-0.25, -0.2) is 9.78 Å². The number of aromatic nitrogens is 6. The van der Waals surface area contributed by atoms with Crippen LogP contribution in [0, 0.1) is 0 Å². The molecule has 3 aromatic carbocycles. The maximum absolute atomic E-state index is 13.4. The highest BCUT2D eigenvalue weighted by Crippen LogP contribution is 2.34. The Hall–Kier alpha value is -3.90. The number of fused-ring (bicyclic) bond motifs is 1. The van der Waals surface area contributed by atoms with Crippen molar-refractivity contribution in [1.29, 1.82) is 0 Å². The third kappa shape index (κ3) is 5.56. The molecular weight excluding hydrogens is 637 g/mol. The monoisotopic (exact) mass is 661 g/mol. The van der Waals surface area contributed by atoms with Crippen LogP contribution in [0.2, 0.25) is 10.0 Å². The van der Waals surface area contributed by atoms with Crippen molar-refractivity contribution in [3.8, 4) is 17.1 Å². The second-order valence-corrected chi connectivity index (χ2v) is 13.1. The Morgan fingerprint density at radius 1 is 1.00 bits per heavy atom. The number of likely N-dealkylation sites (tertiary alicyclic amines) is 1. The van der Waals surface area contributed by atoms with Gasteiger partial charge >= 0.3 is 5.69 Å². The standard InChI is InChI=1S/C31H25Cl2N7O2S2/c32-19-6-5-7-21(16-19)40-28(22-8-1-2-9-23(22)33)36-37-31(40)44-18-27-34-25(17-43-27)29(41)38-14-12-20(13-15-38)39-26-11-4-3-10-24(26)35-30(39)42/h1-11,16-17,20H,12-15,18H2,(H,35,42). The summed E-state index contributed by atoms with van der Waals surface area (Å²) >= 11 is 15.8. The third-order valence-corrected chi connectivity index (χ3v) is 10.2. The number of H-pyrrole nitrogens is 1. The molecule has 13 heteroatoms. The van der Waals surface area contributed by atoms with Crippen molar-refractivity contribution >= 4 is 63.2 Å². The summed E-state index contributed by atoms with van der Waals surface area (Å²) in [5.74, 6) is 1.02. The Morgan fingerprint density at radius 2 is 1.80 bits per heavy atom. The van der Waals surface area contributed by atoms with E-state index in [1.807, 2.05) is 92.2 Å². The van der Waals surface area contributed by atoms with Crippen LogP contribution in [-0.4, -0.2) is 53.2 Å². The van der Waals surface area contributed by atoms with E-state index in [1.165, 1.54) is 23.1 Å². The normalized spacial score (nSPS) is 14.0. The molecule has 0 bridgehead atoms. The number of amides is 1. The van der Waals surface area contributed by atoms with Gasteiger partial charge in [-0.3, -0.25) is 13.9 Å². The summed E-state index contributed by atoms with van der Waals surface area (Å²) in [6, 6.07) is 22.7. The van der Waals surface area contributed by atoms with Crippen LogP contribution in [0.5, 0.6) is 0 Å². The van der Waals surface area contributed by atoms with Crippen LogP contribution in [0.1, 0.15) is 34.4 Å². The number of piperidine rings is 1. The van der Waals surface area contributed by atoms with Crippen LogP contribution in [0.4, 0.5) is 0 Å². The van der Waals surface area contributed by atoms with Crippen LogP contribution >= 0.6 is 46.3 Å². The van der Waals surface area contributed by atoms with Gasteiger partial charge in [-0.2, -0.15) is 0 Å². The Labute approximate surface area is 270 Å². The lowest BCUT2D eigenvalue weighted by molar-refractivity contribution is 0.0689. The average molecular weight is 663 g/mol. The van der Waals surface area contributed by atoms with E-state index in [1.54, 1.807) is 0 Å². The topological polar surface area (TPSA) is 102 Å². The minimum Gasteiger partial charge on any atom is -0.337 e. The molecule has 1 amide bonds. The summed E-state index contributed by atoms with van der Waals surface area (Å²) < 4.78 is 3.76. The zero-order valence-electron chi connectivity index (χ0n) is 23.2. The summed E-state index contributed by atoms with van der Waals surface area (Å²) in [6.45, 7) is 1.12. The predicted molar refractivity (Wildman–Crippen MR) is 175 cm³/mol. The van der Waals surface area contributed by atoms with Gasteiger partial charge in [0.05, 0.1) is 27.5 Å². The molecule has 3 aromatic heterocycles. The molecule has 1 aliphatic heterocycles. The van der Waals surface area contributed by atoms with Gasteiger partial charge in [0.2, 0.25) is 0 Å². The number of thioether (sulfide) groups is 1. The Bertz CT molecular complexity index is 2040. The van der Waals surface area contributed by atoms with Crippen LogP contribution in [0.25, 0.3) is 28.1 Å². The number of imidazole rings is 1. The number of carbonyl (C=O) groups is 1. The first-order valence-electron chi connectivity index (χ1n) is 14.0. The molecule has 44 heavy (non-hydrogen) atoms. The predicted octanol–water partition coefficient (Wildman–Crippen LogP) is 7.11. The number of nitrogens with zero attached hydrogens (tertiary/aromatic N) is 6. The van der Waals surface area contributed by atoms with E-state index >= 15 is 0 Å². The number of rotatable bonds is 7. The van der Waals surface area contributed by atoms with Crippen molar-refractivity contribution in [3.05, 3.63) is 109 Å².